The highest BCUT2D eigenvalue weighted by Crippen LogP contribution is 2.29. The standard InChI is InChI=1S/C16H14N2O3S/c1-3-20-16(19)12-5-4-8-17-15(12)21-11-6-7-14-13(9-11)18-10(2)22-14/h4-9H,3H2,1-2H3. The monoisotopic (exact) mass is 314 g/mol. The summed E-state index contributed by atoms with van der Waals surface area (Å²) in [6.45, 7) is 4.02. The number of aryl methyl sites for hydroxylation is 1. The average molecular weight is 314 g/mol. The van der Waals surface area contributed by atoms with Gasteiger partial charge in [0.1, 0.15) is 11.3 Å². The van der Waals surface area contributed by atoms with Crippen LogP contribution in [0, 0.1) is 6.92 Å². The number of pyridine rings is 1. The third-order valence-electron chi connectivity index (χ3n) is 2.95. The number of esters is 1. The summed E-state index contributed by atoms with van der Waals surface area (Å²) in [6.07, 6.45) is 1.57. The fourth-order valence-corrected chi connectivity index (χ4v) is 2.84. The molecule has 0 unspecified atom stereocenters. The summed E-state index contributed by atoms with van der Waals surface area (Å²) >= 11 is 1.63. The van der Waals surface area contributed by atoms with Gasteiger partial charge in [-0.1, -0.05) is 0 Å². The van der Waals surface area contributed by atoms with Crippen molar-refractivity contribution >= 4 is 27.5 Å². The van der Waals surface area contributed by atoms with E-state index in [2.05, 4.69) is 9.97 Å². The van der Waals surface area contributed by atoms with E-state index in [4.69, 9.17) is 9.47 Å². The molecule has 0 N–H and O–H groups in total. The molecule has 0 amide bonds. The minimum atomic E-state index is -0.448. The van der Waals surface area contributed by atoms with Crippen LogP contribution in [-0.4, -0.2) is 22.5 Å². The maximum absolute atomic E-state index is 11.9. The van der Waals surface area contributed by atoms with E-state index in [-0.39, 0.29) is 5.88 Å². The van der Waals surface area contributed by atoms with Gasteiger partial charge in [0, 0.05) is 12.3 Å². The molecule has 0 saturated carbocycles. The summed E-state index contributed by atoms with van der Waals surface area (Å²) in [6, 6.07) is 8.92. The third kappa shape index (κ3) is 2.92. The van der Waals surface area contributed by atoms with Crippen molar-refractivity contribution in [1.29, 1.82) is 0 Å². The Bertz CT molecular complexity index is 829. The Morgan fingerprint density at radius 1 is 1.32 bits per heavy atom. The van der Waals surface area contributed by atoms with Crippen molar-refractivity contribution in [3.8, 4) is 11.6 Å². The molecule has 2 aromatic heterocycles. The summed E-state index contributed by atoms with van der Waals surface area (Å²) in [7, 11) is 0. The lowest BCUT2D eigenvalue weighted by Gasteiger charge is -2.09. The smallest absolute Gasteiger partial charge is 0.343 e. The number of benzene rings is 1. The van der Waals surface area contributed by atoms with E-state index in [9.17, 15) is 4.79 Å². The molecule has 0 aliphatic heterocycles. The Balaban J connectivity index is 1.92. The summed E-state index contributed by atoms with van der Waals surface area (Å²) < 4.78 is 11.9. The zero-order valence-electron chi connectivity index (χ0n) is 12.2. The molecule has 0 aliphatic rings. The SMILES string of the molecule is CCOC(=O)c1cccnc1Oc1ccc2sc(C)nc2c1. The number of carbonyl (C=O) groups is 1. The van der Waals surface area contributed by atoms with Crippen LogP contribution < -0.4 is 4.74 Å². The van der Waals surface area contributed by atoms with Gasteiger partial charge in [-0.3, -0.25) is 0 Å². The molecule has 112 valence electrons. The highest BCUT2D eigenvalue weighted by molar-refractivity contribution is 7.18. The molecule has 5 nitrogen and oxygen atoms in total. The van der Waals surface area contributed by atoms with Crippen molar-refractivity contribution in [1.82, 2.24) is 9.97 Å². The molecule has 0 atom stereocenters. The van der Waals surface area contributed by atoms with Crippen molar-refractivity contribution in [2.75, 3.05) is 6.61 Å². The molecule has 0 radical (unpaired) electrons. The van der Waals surface area contributed by atoms with Gasteiger partial charge in [0.25, 0.3) is 0 Å². The Morgan fingerprint density at radius 3 is 3.00 bits per heavy atom. The number of nitrogens with zero attached hydrogens (tertiary/aromatic N) is 2. The van der Waals surface area contributed by atoms with Gasteiger partial charge in [-0.2, -0.15) is 0 Å². The maximum atomic E-state index is 11.9. The molecule has 0 aliphatic carbocycles. The lowest BCUT2D eigenvalue weighted by molar-refractivity contribution is 0.0522. The van der Waals surface area contributed by atoms with Crippen LogP contribution in [-0.2, 0) is 4.74 Å². The topological polar surface area (TPSA) is 61.3 Å². The van der Waals surface area contributed by atoms with E-state index in [1.165, 1.54) is 0 Å². The molecule has 0 bridgehead atoms. The fraction of sp³-hybridized carbons (Fsp3) is 0.188. The van der Waals surface area contributed by atoms with E-state index in [0.717, 1.165) is 15.2 Å². The summed E-state index contributed by atoms with van der Waals surface area (Å²) in [5, 5.41) is 0.997. The largest absolute Gasteiger partial charge is 0.462 e. The number of ether oxygens (including phenoxy) is 2. The highest BCUT2D eigenvalue weighted by atomic mass is 32.1. The molecular weight excluding hydrogens is 300 g/mol. The molecule has 6 heteroatoms. The average Bonchev–Trinajstić information content (AvgIpc) is 2.87. The van der Waals surface area contributed by atoms with Gasteiger partial charge in [-0.15, -0.1) is 11.3 Å². The fourth-order valence-electron chi connectivity index (χ4n) is 2.03. The molecule has 3 aromatic rings. The quantitative estimate of drug-likeness (QED) is 0.682. The van der Waals surface area contributed by atoms with Crippen LogP contribution in [0.4, 0.5) is 0 Å². The zero-order valence-corrected chi connectivity index (χ0v) is 13.0. The molecule has 1 aromatic carbocycles. The highest BCUT2D eigenvalue weighted by Gasteiger charge is 2.15. The van der Waals surface area contributed by atoms with Gasteiger partial charge in [-0.05, 0) is 38.1 Å². The van der Waals surface area contributed by atoms with E-state index in [1.807, 2.05) is 25.1 Å². The molecule has 0 fully saturated rings. The van der Waals surface area contributed by atoms with Crippen LogP contribution in [0.3, 0.4) is 0 Å². The van der Waals surface area contributed by atoms with Gasteiger partial charge in [0.2, 0.25) is 5.88 Å². The second kappa shape index (κ2) is 6.11. The van der Waals surface area contributed by atoms with Crippen molar-refractivity contribution in [2.24, 2.45) is 0 Å². The second-order valence-electron chi connectivity index (χ2n) is 4.54. The number of carbonyl (C=O) groups excluding carboxylic acids is 1. The first-order chi connectivity index (χ1) is 10.7. The first-order valence-corrected chi connectivity index (χ1v) is 7.66. The molecule has 22 heavy (non-hydrogen) atoms. The van der Waals surface area contributed by atoms with E-state index >= 15 is 0 Å². The number of fused-ring (bicyclic) bond motifs is 1. The van der Waals surface area contributed by atoms with Crippen LogP contribution in [0.25, 0.3) is 10.2 Å². The summed E-state index contributed by atoms with van der Waals surface area (Å²) in [5.41, 5.74) is 1.17. The van der Waals surface area contributed by atoms with E-state index in [0.29, 0.717) is 17.9 Å². The van der Waals surface area contributed by atoms with Gasteiger partial charge in [0.05, 0.1) is 21.8 Å². The second-order valence-corrected chi connectivity index (χ2v) is 5.78. The number of rotatable bonds is 4. The van der Waals surface area contributed by atoms with E-state index in [1.54, 1.807) is 36.6 Å². The maximum Gasteiger partial charge on any atom is 0.343 e. The van der Waals surface area contributed by atoms with Crippen LogP contribution in [0.15, 0.2) is 36.5 Å². The molecule has 3 rings (SSSR count). The van der Waals surface area contributed by atoms with Crippen LogP contribution in [0.5, 0.6) is 11.6 Å². The Morgan fingerprint density at radius 2 is 2.18 bits per heavy atom. The van der Waals surface area contributed by atoms with Crippen LogP contribution in [0.2, 0.25) is 0 Å². The van der Waals surface area contributed by atoms with Crippen molar-refractivity contribution in [2.45, 2.75) is 13.8 Å². The third-order valence-corrected chi connectivity index (χ3v) is 3.90. The Labute approximate surface area is 131 Å². The van der Waals surface area contributed by atoms with E-state index < -0.39 is 5.97 Å². The minimum absolute atomic E-state index is 0.229. The first kappa shape index (κ1) is 14.5. The van der Waals surface area contributed by atoms with Gasteiger partial charge in [-0.25, -0.2) is 14.8 Å². The predicted octanol–water partition coefficient (Wildman–Crippen LogP) is 3.97. The lowest BCUT2D eigenvalue weighted by Crippen LogP contribution is -2.07. The number of hydrogen-bond acceptors (Lipinski definition) is 6. The molecule has 2 heterocycles. The minimum Gasteiger partial charge on any atom is -0.462 e. The number of hydrogen-bond donors (Lipinski definition) is 0. The predicted molar refractivity (Wildman–Crippen MR) is 84.6 cm³/mol. The van der Waals surface area contributed by atoms with Crippen molar-refractivity contribution in [3.05, 3.63) is 47.1 Å². The van der Waals surface area contributed by atoms with Gasteiger partial charge < -0.3 is 9.47 Å². The Kier molecular flexibility index (Phi) is 4.02. The lowest BCUT2D eigenvalue weighted by atomic mass is 10.2. The number of aromatic nitrogens is 2. The molecule has 0 saturated heterocycles. The van der Waals surface area contributed by atoms with Crippen molar-refractivity contribution < 1.29 is 14.3 Å². The molecule has 0 spiro atoms. The van der Waals surface area contributed by atoms with Crippen LogP contribution in [0.1, 0.15) is 22.3 Å². The normalized spacial score (nSPS) is 10.6. The Hall–Kier alpha value is -2.47. The zero-order chi connectivity index (χ0) is 15.5. The number of thiazole rings is 1. The summed E-state index contributed by atoms with van der Waals surface area (Å²) in [5.74, 6) is 0.366. The van der Waals surface area contributed by atoms with Gasteiger partial charge in [0.15, 0.2) is 0 Å². The summed E-state index contributed by atoms with van der Waals surface area (Å²) in [4.78, 5) is 20.5. The van der Waals surface area contributed by atoms with Gasteiger partial charge >= 0.3 is 5.97 Å². The van der Waals surface area contributed by atoms with Crippen LogP contribution >= 0.6 is 11.3 Å². The molecular formula is C16H14N2O3S. The first-order valence-electron chi connectivity index (χ1n) is 6.84. The van der Waals surface area contributed by atoms with Crippen molar-refractivity contribution in [3.63, 3.8) is 0 Å².